The molecule has 0 aliphatic carbocycles. The van der Waals surface area contributed by atoms with Crippen molar-refractivity contribution in [3.8, 4) is 0 Å². The molecule has 8 heteroatoms. The van der Waals surface area contributed by atoms with Gasteiger partial charge in [-0.15, -0.1) is 0 Å². The van der Waals surface area contributed by atoms with E-state index in [1.807, 2.05) is 0 Å². The molecule has 118 valence electrons. The van der Waals surface area contributed by atoms with E-state index in [4.69, 9.17) is 4.74 Å². The number of hydrogen-bond donors (Lipinski definition) is 1. The maximum atomic E-state index is 11.9. The minimum absolute atomic E-state index is 0.000419. The number of anilines is 1. The third-order valence-corrected chi connectivity index (χ3v) is 5.61. The summed E-state index contributed by atoms with van der Waals surface area (Å²) in [5, 5.41) is 3.18. The number of sulfone groups is 2. The van der Waals surface area contributed by atoms with Crippen molar-refractivity contribution < 1.29 is 21.6 Å². The Bertz CT molecular complexity index is 719. The van der Waals surface area contributed by atoms with E-state index in [2.05, 4.69) is 5.32 Å². The van der Waals surface area contributed by atoms with Crippen molar-refractivity contribution in [3.63, 3.8) is 0 Å². The molecule has 1 aromatic rings. The molecule has 21 heavy (non-hydrogen) atoms. The van der Waals surface area contributed by atoms with Crippen LogP contribution in [0.25, 0.3) is 0 Å². The standard InChI is InChI=1S/C13H19NO5S2/c1-20(15,16)11-3-4-12(13(9-11)21(2,17)18)14-10-5-7-19-8-6-10/h3-4,9-10,14H,5-8H2,1-2H3. The topological polar surface area (TPSA) is 89.5 Å². The number of ether oxygens (including phenoxy) is 1. The van der Waals surface area contributed by atoms with E-state index >= 15 is 0 Å². The third-order valence-electron chi connectivity index (χ3n) is 3.36. The summed E-state index contributed by atoms with van der Waals surface area (Å²) < 4.78 is 52.3. The number of hydrogen-bond acceptors (Lipinski definition) is 6. The molecule has 0 saturated carbocycles. The first-order chi connectivity index (χ1) is 9.68. The van der Waals surface area contributed by atoms with E-state index in [1.54, 1.807) is 0 Å². The third kappa shape index (κ3) is 4.18. The summed E-state index contributed by atoms with van der Waals surface area (Å²) in [6.45, 7) is 1.26. The molecule has 1 heterocycles. The second kappa shape index (κ2) is 5.94. The van der Waals surface area contributed by atoms with Gasteiger partial charge in [0.25, 0.3) is 0 Å². The fourth-order valence-electron chi connectivity index (χ4n) is 2.22. The molecule has 0 spiro atoms. The highest BCUT2D eigenvalue weighted by molar-refractivity contribution is 7.91. The Hall–Kier alpha value is -1.12. The first-order valence-corrected chi connectivity index (χ1v) is 10.3. The molecule has 0 bridgehead atoms. The van der Waals surface area contributed by atoms with Crippen molar-refractivity contribution in [3.05, 3.63) is 18.2 Å². The van der Waals surface area contributed by atoms with Gasteiger partial charge < -0.3 is 10.1 Å². The van der Waals surface area contributed by atoms with Crippen LogP contribution >= 0.6 is 0 Å². The van der Waals surface area contributed by atoms with Gasteiger partial charge >= 0.3 is 0 Å². The molecule has 1 aromatic carbocycles. The van der Waals surface area contributed by atoms with E-state index in [1.165, 1.54) is 18.2 Å². The monoisotopic (exact) mass is 333 g/mol. The van der Waals surface area contributed by atoms with Gasteiger partial charge in [0.05, 0.1) is 15.5 Å². The van der Waals surface area contributed by atoms with Crippen LogP contribution in [-0.2, 0) is 24.4 Å². The number of rotatable bonds is 4. The quantitative estimate of drug-likeness (QED) is 0.887. The van der Waals surface area contributed by atoms with Crippen LogP contribution in [0, 0.1) is 0 Å². The summed E-state index contributed by atoms with van der Waals surface area (Å²) in [5.41, 5.74) is 0.441. The molecule has 0 radical (unpaired) electrons. The van der Waals surface area contributed by atoms with Crippen molar-refractivity contribution in [2.75, 3.05) is 31.0 Å². The summed E-state index contributed by atoms with van der Waals surface area (Å²) >= 11 is 0. The maximum absolute atomic E-state index is 11.9. The van der Waals surface area contributed by atoms with E-state index in [0.29, 0.717) is 18.9 Å². The van der Waals surface area contributed by atoms with E-state index in [0.717, 1.165) is 25.4 Å². The van der Waals surface area contributed by atoms with Crippen LogP contribution < -0.4 is 5.32 Å². The van der Waals surface area contributed by atoms with E-state index in [-0.39, 0.29) is 15.8 Å². The Morgan fingerprint density at radius 3 is 2.19 bits per heavy atom. The predicted octanol–water partition coefficient (Wildman–Crippen LogP) is 1.08. The zero-order valence-electron chi connectivity index (χ0n) is 12.0. The van der Waals surface area contributed by atoms with Crippen molar-refractivity contribution in [2.24, 2.45) is 0 Å². The van der Waals surface area contributed by atoms with E-state index < -0.39 is 19.7 Å². The molecule has 1 aliphatic rings. The molecule has 0 atom stereocenters. The lowest BCUT2D eigenvalue weighted by atomic mass is 10.1. The Morgan fingerprint density at radius 1 is 1.05 bits per heavy atom. The second-order valence-electron chi connectivity index (χ2n) is 5.23. The van der Waals surface area contributed by atoms with Gasteiger partial charge in [0, 0.05) is 31.8 Å². The largest absolute Gasteiger partial charge is 0.381 e. The lowest BCUT2D eigenvalue weighted by Crippen LogP contribution is -2.28. The summed E-state index contributed by atoms with van der Waals surface area (Å²) in [6, 6.07) is 4.28. The van der Waals surface area contributed by atoms with Crippen molar-refractivity contribution in [1.29, 1.82) is 0 Å². The highest BCUT2D eigenvalue weighted by atomic mass is 32.2. The molecule has 1 saturated heterocycles. The van der Waals surface area contributed by atoms with Crippen molar-refractivity contribution in [1.82, 2.24) is 0 Å². The summed E-state index contributed by atoms with van der Waals surface area (Å²) in [5.74, 6) is 0. The normalized spacial score (nSPS) is 17.6. The van der Waals surface area contributed by atoms with Crippen LogP contribution in [0.4, 0.5) is 5.69 Å². The average molecular weight is 333 g/mol. The van der Waals surface area contributed by atoms with Crippen LogP contribution in [0.1, 0.15) is 12.8 Å². The first-order valence-electron chi connectivity index (χ1n) is 6.56. The second-order valence-corrected chi connectivity index (χ2v) is 9.23. The fraction of sp³-hybridized carbons (Fsp3) is 0.538. The number of benzene rings is 1. The highest BCUT2D eigenvalue weighted by Crippen LogP contribution is 2.27. The van der Waals surface area contributed by atoms with Gasteiger partial charge in [-0.2, -0.15) is 0 Å². The van der Waals surface area contributed by atoms with Crippen LogP contribution in [-0.4, -0.2) is 48.6 Å². The summed E-state index contributed by atoms with van der Waals surface area (Å²) in [4.78, 5) is 0.0115. The average Bonchev–Trinajstić information content (AvgIpc) is 2.38. The molecule has 0 unspecified atom stereocenters. The smallest absolute Gasteiger partial charge is 0.177 e. The van der Waals surface area contributed by atoms with E-state index in [9.17, 15) is 16.8 Å². The molecule has 1 aliphatic heterocycles. The van der Waals surface area contributed by atoms with Crippen LogP contribution in [0.2, 0.25) is 0 Å². The zero-order chi connectivity index (χ0) is 15.7. The Morgan fingerprint density at radius 2 is 1.67 bits per heavy atom. The van der Waals surface area contributed by atoms with Gasteiger partial charge in [0.15, 0.2) is 19.7 Å². The Labute approximate surface area is 125 Å². The van der Waals surface area contributed by atoms with Crippen LogP contribution in [0.15, 0.2) is 28.0 Å². The molecule has 6 nitrogen and oxygen atoms in total. The lowest BCUT2D eigenvalue weighted by molar-refractivity contribution is 0.0904. The van der Waals surface area contributed by atoms with Gasteiger partial charge in [-0.05, 0) is 31.0 Å². The van der Waals surface area contributed by atoms with Gasteiger partial charge in [-0.1, -0.05) is 0 Å². The van der Waals surface area contributed by atoms with Gasteiger partial charge in [-0.3, -0.25) is 0 Å². The SMILES string of the molecule is CS(=O)(=O)c1ccc(NC2CCOCC2)c(S(C)(=O)=O)c1. The highest BCUT2D eigenvalue weighted by Gasteiger charge is 2.21. The van der Waals surface area contributed by atoms with Gasteiger partial charge in [-0.25, -0.2) is 16.8 Å². The molecule has 1 N–H and O–H groups in total. The molecular formula is C13H19NO5S2. The maximum Gasteiger partial charge on any atom is 0.177 e. The summed E-state index contributed by atoms with van der Waals surface area (Å²) in [7, 11) is -6.97. The van der Waals surface area contributed by atoms with Gasteiger partial charge in [0.2, 0.25) is 0 Å². The molecule has 0 aromatic heterocycles. The van der Waals surface area contributed by atoms with Crippen molar-refractivity contribution in [2.45, 2.75) is 28.7 Å². The summed E-state index contributed by atoms with van der Waals surface area (Å²) in [6.07, 6.45) is 3.71. The lowest BCUT2D eigenvalue weighted by Gasteiger charge is -2.25. The Balaban J connectivity index is 2.40. The molecular weight excluding hydrogens is 314 g/mol. The zero-order valence-corrected chi connectivity index (χ0v) is 13.6. The first kappa shape index (κ1) is 16.3. The molecule has 0 amide bonds. The number of nitrogens with one attached hydrogen (secondary N) is 1. The minimum atomic E-state index is -3.53. The van der Waals surface area contributed by atoms with Crippen molar-refractivity contribution >= 4 is 25.4 Å². The minimum Gasteiger partial charge on any atom is -0.381 e. The van der Waals surface area contributed by atoms with Gasteiger partial charge in [0.1, 0.15) is 0 Å². The molecule has 2 rings (SSSR count). The predicted molar refractivity (Wildman–Crippen MR) is 80.1 cm³/mol. The van der Waals surface area contributed by atoms with Crippen LogP contribution in [0.5, 0.6) is 0 Å². The molecule has 1 fully saturated rings. The fourth-order valence-corrected chi connectivity index (χ4v) is 3.81. The Kier molecular flexibility index (Phi) is 4.60. The van der Waals surface area contributed by atoms with Crippen LogP contribution in [0.3, 0.4) is 0 Å².